The summed E-state index contributed by atoms with van der Waals surface area (Å²) in [7, 11) is 0. The van der Waals surface area contributed by atoms with E-state index in [4.69, 9.17) is 0 Å². The predicted molar refractivity (Wildman–Crippen MR) is 64.2 cm³/mol. The number of amides is 1. The van der Waals surface area contributed by atoms with E-state index >= 15 is 0 Å². The first-order valence-corrected chi connectivity index (χ1v) is 6.09. The summed E-state index contributed by atoms with van der Waals surface area (Å²) >= 11 is 0. The summed E-state index contributed by atoms with van der Waals surface area (Å²) in [6.07, 6.45) is 1.73. The first kappa shape index (κ1) is 13.5. The highest BCUT2D eigenvalue weighted by atomic mass is 16.3. The number of nitrogens with one attached hydrogen (secondary N) is 1. The molecular weight excluding hydrogens is 204 g/mol. The SMILES string of the molecule is CC(NC(C)(C)C(C)O)C(=O)N1CCCC1. The van der Waals surface area contributed by atoms with Gasteiger partial charge >= 0.3 is 0 Å². The zero-order chi connectivity index (χ0) is 12.3. The molecular formula is C12H24N2O2. The van der Waals surface area contributed by atoms with E-state index < -0.39 is 11.6 Å². The molecule has 2 N–H and O–H groups in total. The van der Waals surface area contributed by atoms with Gasteiger partial charge in [-0.2, -0.15) is 0 Å². The molecule has 1 amide bonds. The topological polar surface area (TPSA) is 52.6 Å². The standard InChI is InChI=1S/C12H24N2O2/c1-9(13-12(3,4)10(2)15)11(16)14-7-5-6-8-14/h9-10,13,15H,5-8H2,1-4H3. The Balaban J connectivity index is 2.51. The molecule has 1 saturated heterocycles. The van der Waals surface area contributed by atoms with Crippen LogP contribution in [0.3, 0.4) is 0 Å². The second-order valence-electron chi connectivity index (χ2n) is 5.30. The van der Waals surface area contributed by atoms with Crippen LogP contribution in [-0.2, 0) is 4.79 Å². The molecule has 2 unspecified atom stereocenters. The molecule has 1 aliphatic heterocycles. The number of hydrogen-bond donors (Lipinski definition) is 2. The quantitative estimate of drug-likeness (QED) is 0.746. The molecule has 0 aromatic rings. The van der Waals surface area contributed by atoms with Gasteiger partial charge in [0.1, 0.15) is 0 Å². The van der Waals surface area contributed by atoms with Gasteiger partial charge < -0.3 is 10.0 Å². The van der Waals surface area contributed by atoms with Crippen LogP contribution in [-0.4, -0.2) is 46.7 Å². The number of aliphatic hydroxyl groups is 1. The third-order valence-electron chi connectivity index (χ3n) is 3.42. The third-order valence-corrected chi connectivity index (χ3v) is 3.42. The molecule has 16 heavy (non-hydrogen) atoms. The van der Waals surface area contributed by atoms with Gasteiger partial charge in [-0.25, -0.2) is 0 Å². The van der Waals surface area contributed by atoms with Gasteiger partial charge in [-0.1, -0.05) is 0 Å². The van der Waals surface area contributed by atoms with Crippen molar-refractivity contribution in [2.24, 2.45) is 0 Å². The van der Waals surface area contributed by atoms with Crippen molar-refractivity contribution in [3.05, 3.63) is 0 Å². The van der Waals surface area contributed by atoms with Crippen LogP contribution in [0.15, 0.2) is 0 Å². The largest absolute Gasteiger partial charge is 0.392 e. The maximum Gasteiger partial charge on any atom is 0.239 e. The molecule has 0 aliphatic carbocycles. The molecule has 1 fully saturated rings. The van der Waals surface area contributed by atoms with E-state index in [9.17, 15) is 9.90 Å². The normalized spacial score (nSPS) is 20.9. The van der Waals surface area contributed by atoms with Gasteiger partial charge in [0.15, 0.2) is 0 Å². The fourth-order valence-corrected chi connectivity index (χ4v) is 1.95. The lowest BCUT2D eigenvalue weighted by Crippen LogP contribution is -2.56. The van der Waals surface area contributed by atoms with E-state index in [0.29, 0.717) is 0 Å². The zero-order valence-corrected chi connectivity index (χ0v) is 10.8. The fourth-order valence-electron chi connectivity index (χ4n) is 1.95. The molecule has 0 spiro atoms. The van der Waals surface area contributed by atoms with Crippen LogP contribution in [0.2, 0.25) is 0 Å². The molecule has 2 atom stereocenters. The maximum atomic E-state index is 12.0. The molecule has 0 aromatic carbocycles. The fraction of sp³-hybridized carbons (Fsp3) is 0.917. The third kappa shape index (κ3) is 3.19. The molecule has 4 heteroatoms. The van der Waals surface area contributed by atoms with Gasteiger partial charge in [0.05, 0.1) is 12.1 Å². The summed E-state index contributed by atoms with van der Waals surface area (Å²) in [6, 6.07) is -0.234. The second kappa shape index (κ2) is 5.15. The molecule has 0 radical (unpaired) electrons. The molecule has 0 aromatic heterocycles. The van der Waals surface area contributed by atoms with Crippen LogP contribution in [0.25, 0.3) is 0 Å². The number of nitrogens with zero attached hydrogens (tertiary/aromatic N) is 1. The molecule has 4 nitrogen and oxygen atoms in total. The minimum atomic E-state index is -0.485. The van der Waals surface area contributed by atoms with Crippen LogP contribution >= 0.6 is 0 Å². The Hall–Kier alpha value is -0.610. The van der Waals surface area contributed by atoms with Crippen LogP contribution in [0, 0.1) is 0 Å². The molecule has 0 saturated carbocycles. The number of aliphatic hydroxyl groups excluding tert-OH is 1. The number of carbonyl (C=O) groups excluding carboxylic acids is 1. The highest BCUT2D eigenvalue weighted by Gasteiger charge is 2.30. The Labute approximate surface area is 98.0 Å². The zero-order valence-electron chi connectivity index (χ0n) is 10.8. The predicted octanol–water partition coefficient (Wildman–Crippen LogP) is 0.746. The lowest BCUT2D eigenvalue weighted by Gasteiger charge is -2.33. The van der Waals surface area contributed by atoms with Gasteiger partial charge in [0, 0.05) is 18.6 Å². The van der Waals surface area contributed by atoms with E-state index in [-0.39, 0.29) is 11.9 Å². The molecule has 1 heterocycles. The number of likely N-dealkylation sites (tertiary alicyclic amines) is 1. The van der Waals surface area contributed by atoms with Crippen molar-refractivity contribution in [3.63, 3.8) is 0 Å². The smallest absolute Gasteiger partial charge is 0.239 e. The minimum Gasteiger partial charge on any atom is -0.392 e. The van der Waals surface area contributed by atoms with E-state index in [1.165, 1.54) is 0 Å². The van der Waals surface area contributed by atoms with Crippen molar-refractivity contribution in [3.8, 4) is 0 Å². The van der Waals surface area contributed by atoms with Crippen LogP contribution in [0.1, 0.15) is 40.5 Å². The van der Waals surface area contributed by atoms with Crippen molar-refractivity contribution in [2.45, 2.75) is 58.2 Å². The second-order valence-corrected chi connectivity index (χ2v) is 5.30. The first-order valence-electron chi connectivity index (χ1n) is 6.09. The highest BCUT2D eigenvalue weighted by Crippen LogP contribution is 2.13. The van der Waals surface area contributed by atoms with Crippen molar-refractivity contribution in [1.82, 2.24) is 10.2 Å². The average Bonchev–Trinajstić information content (AvgIpc) is 2.68. The summed E-state index contributed by atoms with van der Waals surface area (Å²) in [5, 5.41) is 12.8. The van der Waals surface area contributed by atoms with Crippen LogP contribution < -0.4 is 5.32 Å². The summed E-state index contributed by atoms with van der Waals surface area (Å²) < 4.78 is 0. The van der Waals surface area contributed by atoms with E-state index in [1.807, 2.05) is 25.7 Å². The van der Waals surface area contributed by atoms with Gasteiger partial charge in [-0.3, -0.25) is 10.1 Å². The van der Waals surface area contributed by atoms with Gasteiger partial charge in [-0.15, -0.1) is 0 Å². The average molecular weight is 228 g/mol. The Bertz CT molecular complexity index is 245. The van der Waals surface area contributed by atoms with E-state index in [1.54, 1.807) is 6.92 Å². The Morgan fingerprint density at radius 2 is 1.81 bits per heavy atom. The highest BCUT2D eigenvalue weighted by molar-refractivity contribution is 5.81. The minimum absolute atomic E-state index is 0.145. The first-order chi connectivity index (χ1) is 7.34. The number of carbonyl (C=O) groups is 1. The summed E-state index contributed by atoms with van der Waals surface area (Å²) in [4.78, 5) is 13.9. The summed E-state index contributed by atoms with van der Waals surface area (Å²) in [5.74, 6) is 0.145. The van der Waals surface area contributed by atoms with E-state index in [2.05, 4.69) is 5.32 Å². The monoisotopic (exact) mass is 228 g/mol. The Morgan fingerprint density at radius 3 is 2.25 bits per heavy atom. The number of hydrogen-bond acceptors (Lipinski definition) is 3. The molecule has 0 bridgehead atoms. The van der Waals surface area contributed by atoms with Crippen molar-refractivity contribution < 1.29 is 9.90 Å². The van der Waals surface area contributed by atoms with Gasteiger partial charge in [0.25, 0.3) is 0 Å². The summed E-state index contributed by atoms with van der Waals surface area (Å²) in [5.41, 5.74) is -0.436. The van der Waals surface area contributed by atoms with Gasteiger partial charge in [0.2, 0.25) is 5.91 Å². The molecule has 1 aliphatic rings. The van der Waals surface area contributed by atoms with E-state index in [0.717, 1.165) is 25.9 Å². The maximum absolute atomic E-state index is 12.0. The Kier molecular flexibility index (Phi) is 4.33. The lowest BCUT2D eigenvalue weighted by molar-refractivity contribution is -0.132. The van der Waals surface area contributed by atoms with Crippen molar-refractivity contribution in [2.75, 3.05) is 13.1 Å². The van der Waals surface area contributed by atoms with Crippen molar-refractivity contribution in [1.29, 1.82) is 0 Å². The Morgan fingerprint density at radius 1 is 1.31 bits per heavy atom. The lowest BCUT2D eigenvalue weighted by atomic mass is 9.97. The molecule has 1 rings (SSSR count). The van der Waals surface area contributed by atoms with Crippen LogP contribution in [0.4, 0.5) is 0 Å². The van der Waals surface area contributed by atoms with Crippen LogP contribution in [0.5, 0.6) is 0 Å². The van der Waals surface area contributed by atoms with Crippen molar-refractivity contribution >= 4 is 5.91 Å². The number of rotatable bonds is 4. The van der Waals surface area contributed by atoms with Gasteiger partial charge in [-0.05, 0) is 40.5 Å². The summed E-state index contributed by atoms with van der Waals surface area (Å²) in [6.45, 7) is 9.17. The molecule has 94 valence electrons.